The zero-order valence-electron chi connectivity index (χ0n) is 11.4. The predicted molar refractivity (Wildman–Crippen MR) is 80.3 cm³/mol. The molecule has 3 nitrogen and oxygen atoms in total. The predicted octanol–water partition coefficient (Wildman–Crippen LogP) is 4.18. The monoisotopic (exact) mass is 303 g/mol. The first-order chi connectivity index (χ1) is 8.79. The number of carbonyl (C=O) groups is 1. The minimum Gasteiger partial charge on any atom is -0.481 e. The Labute approximate surface area is 124 Å². The van der Waals surface area contributed by atoms with E-state index in [-0.39, 0.29) is 0 Å². The Kier molecular flexibility index (Phi) is 5.95. The van der Waals surface area contributed by atoms with Gasteiger partial charge in [-0.3, -0.25) is 4.79 Å². The van der Waals surface area contributed by atoms with E-state index < -0.39 is 11.9 Å². The number of aliphatic carboxylic acids is 1. The maximum absolute atomic E-state index is 11.0. The molecule has 0 aromatic heterocycles. The van der Waals surface area contributed by atoms with Gasteiger partial charge in [-0.1, -0.05) is 44.0 Å². The van der Waals surface area contributed by atoms with Crippen molar-refractivity contribution in [3.63, 3.8) is 0 Å². The minimum atomic E-state index is -0.804. The van der Waals surface area contributed by atoms with Gasteiger partial charge >= 0.3 is 5.97 Å². The van der Waals surface area contributed by atoms with Gasteiger partial charge in [0.05, 0.1) is 5.92 Å². The van der Waals surface area contributed by atoms with Crippen LogP contribution in [0.15, 0.2) is 18.2 Å². The highest BCUT2D eigenvalue weighted by Crippen LogP contribution is 2.26. The molecule has 0 saturated heterocycles. The fraction of sp³-hybridized carbons (Fsp3) is 0.500. The van der Waals surface area contributed by atoms with Crippen molar-refractivity contribution in [3.05, 3.63) is 28.2 Å². The molecule has 0 fully saturated rings. The summed E-state index contributed by atoms with van der Waals surface area (Å²) < 4.78 is 0. The Morgan fingerprint density at radius 3 is 2.11 bits per heavy atom. The summed E-state index contributed by atoms with van der Waals surface area (Å²) in [7, 11) is 0. The van der Waals surface area contributed by atoms with E-state index in [2.05, 4.69) is 13.8 Å². The summed E-state index contributed by atoms with van der Waals surface area (Å²) in [5.41, 5.74) is 0.860. The number of nitrogens with zero attached hydrogens (tertiary/aromatic N) is 1. The summed E-state index contributed by atoms with van der Waals surface area (Å²) in [5, 5.41) is 10.2. The molecule has 0 bridgehead atoms. The minimum absolute atomic E-state index is 0.416. The van der Waals surface area contributed by atoms with Crippen LogP contribution in [-0.2, 0) is 4.79 Å². The van der Waals surface area contributed by atoms with Crippen molar-refractivity contribution >= 4 is 34.9 Å². The standard InChI is InChI=1S/C14H19Cl2NO2/c1-9(2)7-17(8-10(3)14(18)19)13-5-11(15)4-12(16)6-13/h4-6,9-10H,7-8H2,1-3H3,(H,18,19). The van der Waals surface area contributed by atoms with E-state index in [0.29, 0.717) is 22.5 Å². The van der Waals surface area contributed by atoms with Gasteiger partial charge < -0.3 is 10.0 Å². The highest BCUT2D eigenvalue weighted by atomic mass is 35.5. The molecule has 0 spiro atoms. The molecule has 0 radical (unpaired) electrons. The number of hydrogen-bond donors (Lipinski definition) is 1. The summed E-state index contributed by atoms with van der Waals surface area (Å²) in [5.74, 6) is -0.836. The number of carboxylic acids is 1. The van der Waals surface area contributed by atoms with Gasteiger partial charge in [-0.2, -0.15) is 0 Å². The van der Waals surface area contributed by atoms with E-state index in [1.54, 1.807) is 13.0 Å². The number of rotatable bonds is 6. The second kappa shape index (κ2) is 7.01. The molecule has 106 valence electrons. The quantitative estimate of drug-likeness (QED) is 0.857. The molecule has 1 N–H and O–H groups in total. The summed E-state index contributed by atoms with van der Waals surface area (Å²) in [4.78, 5) is 13.0. The third kappa shape index (κ3) is 5.29. The van der Waals surface area contributed by atoms with Crippen molar-refractivity contribution in [3.8, 4) is 0 Å². The zero-order valence-corrected chi connectivity index (χ0v) is 12.9. The molecule has 1 rings (SSSR count). The largest absolute Gasteiger partial charge is 0.481 e. The van der Waals surface area contributed by atoms with Crippen molar-refractivity contribution in [1.29, 1.82) is 0 Å². The van der Waals surface area contributed by atoms with E-state index in [4.69, 9.17) is 28.3 Å². The van der Waals surface area contributed by atoms with Crippen molar-refractivity contribution in [2.45, 2.75) is 20.8 Å². The Morgan fingerprint density at radius 1 is 1.16 bits per heavy atom. The van der Waals surface area contributed by atoms with Crippen LogP contribution in [0.5, 0.6) is 0 Å². The Bertz CT molecular complexity index is 429. The summed E-state index contributed by atoms with van der Waals surface area (Å²) >= 11 is 12.0. The molecule has 0 heterocycles. The Balaban J connectivity index is 2.98. The van der Waals surface area contributed by atoms with Gasteiger partial charge in [-0.15, -0.1) is 0 Å². The van der Waals surface area contributed by atoms with Gasteiger partial charge in [-0.05, 0) is 24.1 Å². The Morgan fingerprint density at radius 2 is 1.68 bits per heavy atom. The van der Waals surface area contributed by atoms with Crippen LogP contribution in [-0.4, -0.2) is 24.2 Å². The lowest BCUT2D eigenvalue weighted by Gasteiger charge is -2.28. The molecule has 0 aliphatic heterocycles. The van der Waals surface area contributed by atoms with Crippen molar-refractivity contribution in [2.24, 2.45) is 11.8 Å². The van der Waals surface area contributed by atoms with Crippen LogP contribution in [0.1, 0.15) is 20.8 Å². The van der Waals surface area contributed by atoms with E-state index in [9.17, 15) is 4.79 Å². The van der Waals surface area contributed by atoms with Crippen LogP contribution in [0.2, 0.25) is 10.0 Å². The highest BCUT2D eigenvalue weighted by molar-refractivity contribution is 6.35. The maximum atomic E-state index is 11.0. The molecule has 0 amide bonds. The fourth-order valence-electron chi connectivity index (χ4n) is 1.86. The summed E-state index contributed by atoms with van der Waals surface area (Å²) in [6.07, 6.45) is 0. The van der Waals surface area contributed by atoms with E-state index in [1.165, 1.54) is 0 Å². The van der Waals surface area contributed by atoms with Crippen molar-refractivity contribution in [2.75, 3.05) is 18.0 Å². The molecule has 5 heteroatoms. The lowest BCUT2D eigenvalue weighted by molar-refractivity contribution is -0.140. The van der Waals surface area contributed by atoms with Gasteiger partial charge in [0, 0.05) is 28.8 Å². The number of benzene rings is 1. The van der Waals surface area contributed by atoms with E-state index in [1.807, 2.05) is 17.0 Å². The van der Waals surface area contributed by atoms with E-state index >= 15 is 0 Å². The average Bonchev–Trinajstić information content (AvgIpc) is 2.25. The molecule has 1 unspecified atom stereocenters. The van der Waals surface area contributed by atoms with Crippen LogP contribution in [0.4, 0.5) is 5.69 Å². The third-order valence-electron chi connectivity index (χ3n) is 2.71. The fourth-order valence-corrected chi connectivity index (χ4v) is 2.37. The number of halogens is 2. The zero-order chi connectivity index (χ0) is 14.6. The van der Waals surface area contributed by atoms with Crippen LogP contribution in [0.3, 0.4) is 0 Å². The van der Waals surface area contributed by atoms with Crippen LogP contribution >= 0.6 is 23.2 Å². The first-order valence-corrected chi connectivity index (χ1v) is 6.99. The number of hydrogen-bond acceptors (Lipinski definition) is 2. The number of carboxylic acid groups (broad SMARTS) is 1. The summed E-state index contributed by atoms with van der Waals surface area (Å²) in [6.45, 7) is 7.06. The van der Waals surface area contributed by atoms with Crippen molar-refractivity contribution < 1.29 is 9.90 Å². The van der Waals surface area contributed by atoms with Gasteiger partial charge in [-0.25, -0.2) is 0 Å². The molecule has 1 aromatic carbocycles. The molecular weight excluding hydrogens is 285 g/mol. The molecular formula is C14H19Cl2NO2. The number of anilines is 1. The van der Waals surface area contributed by atoms with Crippen LogP contribution in [0.25, 0.3) is 0 Å². The first-order valence-electron chi connectivity index (χ1n) is 6.23. The second-order valence-corrected chi connectivity index (χ2v) is 6.04. The second-order valence-electron chi connectivity index (χ2n) is 5.17. The van der Waals surface area contributed by atoms with Gasteiger partial charge in [0.1, 0.15) is 0 Å². The average molecular weight is 304 g/mol. The smallest absolute Gasteiger partial charge is 0.308 e. The van der Waals surface area contributed by atoms with Crippen LogP contribution in [0, 0.1) is 11.8 Å². The lowest BCUT2D eigenvalue weighted by atomic mass is 10.1. The maximum Gasteiger partial charge on any atom is 0.308 e. The lowest BCUT2D eigenvalue weighted by Crippen LogP contribution is -2.34. The third-order valence-corrected chi connectivity index (χ3v) is 3.15. The normalized spacial score (nSPS) is 12.5. The molecule has 19 heavy (non-hydrogen) atoms. The molecule has 1 aromatic rings. The van der Waals surface area contributed by atoms with Crippen LogP contribution < -0.4 is 4.90 Å². The van der Waals surface area contributed by atoms with Crippen molar-refractivity contribution in [1.82, 2.24) is 0 Å². The van der Waals surface area contributed by atoms with Gasteiger partial charge in [0.15, 0.2) is 0 Å². The van der Waals surface area contributed by atoms with Gasteiger partial charge in [0.25, 0.3) is 0 Å². The Hall–Kier alpha value is -0.930. The topological polar surface area (TPSA) is 40.5 Å². The molecule has 0 aliphatic rings. The SMILES string of the molecule is CC(C)CN(CC(C)C(=O)O)c1cc(Cl)cc(Cl)c1. The molecule has 1 atom stereocenters. The van der Waals surface area contributed by atoms with Gasteiger partial charge in [0.2, 0.25) is 0 Å². The molecule has 0 aliphatic carbocycles. The summed E-state index contributed by atoms with van der Waals surface area (Å²) in [6, 6.07) is 5.29. The highest BCUT2D eigenvalue weighted by Gasteiger charge is 2.18. The molecule has 0 saturated carbocycles. The van der Waals surface area contributed by atoms with E-state index in [0.717, 1.165) is 12.2 Å². The first kappa shape index (κ1) is 16.1.